The molecule has 0 aliphatic carbocycles. The molecule has 0 aliphatic rings. The number of rotatable bonds is 8. The molecule has 0 aromatic heterocycles. The molecule has 0 bridgehead atoms. The highest BCUT2D eigenvalue weighted by molar-refractivity contribution is 5.73. The van der Waals surface area contributed by atoms with E-state index in [1.54, 1.807) is 0 Å². The molecule has 0 aliphatic heterocycles. The Morgan fingerprint density at radius 3 is 1.46 bits per heavy atom. The smallest absolute Gasteiger partial charge is 0.323 e. The largest absolute Gasteiger partial charge is 0.480 e. The van der Waals surface area contributed by atoms with E-state index in [2.05, 4.69) is 0 Å². The van der Waals surface area contributed by atoms with Crippen molar-refractivity contribution in [1.29, 1.82) is 0 Å². The average molecular weight is 354 g/mol. The molecule has 12 N–H and O–H groups in total. The second-order valence-corrected chi connectivity index (χ2v) is 4.96. The molecule has 0 rings (SSSR count). The third-order valence-corrected chi connectivity index (χ3v) is 2.48. The molecule has 0 spiro atoms. The van der Waals surface area contributed by atoms with Gasteiger partial charge in [-0.25, -0.2) is 0 Å². The molecular weight excluding hydrogens is 324 g/mol. The van der Waals surface area contributed by atoms with Crippen LogP contribution < -0.4 is 22.9 Å². The van der Waals surface area contributed by atoms with E-state index < -0.39 is 42.1 Å². The van der Waals surface area contributed by atoms with Crippen molar-refractivity contribution in [3.05, 3.63) is 0 Å². The zero-order valence-corrected chi connectivity index (χ0v) is 14.0. The fourth-order valence-corrected chi connectivity index (χ4v) is 0.838. The highest BCUT2D eigenvalue weighted by Gasteiger charge is 2.16. The predicted molar refractivity (Wildman–Crippen MR) is 87.1 cm³/mol. The summed E-state index contributed by atoms with van der Waals surface area (Å²) in [4.78, 5) is 29.6. The molecule has 0 radical (unpaired) electrons. The van der Waals surface area contributed by atoms with Gasteiger partial charge in [0.15, 0.2) is 0 Å². The maximum Gasteiger partial charge on any atom is 0.323 e. The van der Waals surface area contributed by atoms with Crippen molar-refractivity contribution in [1.82, 2.24) is 0 Å². The van der Waals surface area contributed by atoms with Crippen LogP contribution in [0.3, 0.4) is 0 Å². The van der Waals surface area contributed by atoms with Crippen molar-refractivity contribution >= 4 is 17.9 Å². The van der Waals surface area contributed by atoms with Gasteiger partial charge in [-0.2, -0.15) is 0 Å². The summed E-state index contributed by atoms with van der Waals surface area (Å²) in [5, 5.41) is 32.7. The molecule has 4 atom stereocenters. The summed E-state index contributed by atoms with van der Waals surface area (Å²) >= 11 is 0. The monoisotopic (exact) mass is 354 g/mol. The minimum absolute atomic E-state index is 0.520. The van der Waals surface area contributed by atoms with Crippen molar-refractivity contribution in [2.45, 2.75) is 57.3 Å². The first kappa shape index (κ1) is 27.1. The third kappa shape index (κ3) is 20.2. The van der Waals surface area contributed by atoms with Gasteiger partial charge in [0, 0.05) is 0 Å². The Kier molecular flexibility index (Phi) is 18.1. The van der Waals surface area contributed by atoms with Gasteiger partial charge in [0.25, 0.3) is 0 Å². The maximum absolute atomic E-state index is 10.1. The van der Waals surface area contributed by atoms with E-state index in [0.29, 0.717) is 13.0 Å². The number of carboxylic acids is 3. The first-order valence-corrected chi connectivity index (χ1v) is 7.21. The van der Waals surface area contributed by atoms with E-state index in [4.69, 9.17) is 43.4 Å². The van der Waals surface area contributed by atoms with Crippen LogP contribution >= 0.6 is 0 Å². The Bertz CT molecular complexity index is 364. The molecule has 0 aromatic rings. The molecular formula is C13H30N4O7. The summed E-state index contributed by atoms with van der Waals surface area (Å²) < 4.78 is 0. The number of unbranched alkanes of at least 4 members (excludes halogenated alkanes) is 1. The first-order valence-electron chi connectivity index (χ1n) is 7.21. The zero-order valence-electron chi connectivity index (χ0n) is 14.0. The van der Waals surface area contributed by atoms with Gasteiger partial charge in [-0.15, -0.1) is 0 Å². The van der Waals surface area contributed by atoms with Crippen LogP contribution in [0.15, 0.2) is 0 Å². The molecule has 0 heterocycles. The Balaban J connectivity index is -0.000000285. The second kappa shape index (κ2) is 16.1. The van der Waals surface area contributed by atoms with Gasteiger partial charge in [-0.1, -0.05) is 6.42 Å². The lowest BCUT2D eigenvalue weighted by atomic mass is 10.1. The van der Waals surface area contributed by atoms with Gasteiger partial charge in [0.1, 0.15) is 18.1 Å². The molecule has 144 valence electrons. The summed E-state index contributed by atoms with van der Waals surface area (Å²) in [6, 6.07) is -2.61. The quantitative estimate of drug-likeness (QED) is 0.216. The van der Waals surface area contributed by atoms with Gasteiger partial charge in [-0.05, 0) is 33.2 Å². The first-order chi connectivity index (χ1) is 10.9. The molecule has 0 unspecified atom stereocenters. The maximum atomic E-state index is 10.1. The number of carbonyl (C=O) groups is 3. The van der Waals surface area contributed by atoms with Crippen LogP contribution in [0.1, 0.15) is 33.1 Å². The normalized spacial score (nSPS) is 14.6. The van der Waals surface area contributed by atoms with Crippen LogP contribution in [-0.2, 0) is 14.4 Å². The van der Waals surface area contributed by atoms with Crippen LogP contribution in [0.25, 0.3) is 0 Å². The second-order valence-electron chi connectivity index (χ2n) is 4.96. The minimum atomic E-state index is -1.18. The third-order valence-electron chi connectivity index (χ3n) is 2.48. The molecule has 0 fully saturated rings. The lowest BCUT2D eigenvalue weighted by Gasteiger charge is -2.06. The molecule has 0 saturated heterocycles. The lowest BCUT2D eigenvalue weighted by molar-refractivity contribution is -0.141. The van der Waals surface area contributed by atoms with Crippen LogP contribution in [0, 0.1) is 0 Å². The lowest BCUT2D eigenvalue weighted by Crippen LogP contribution is -2.39. The number of hydrogen-bond acceptors (Lipinski definition) is 8. The minimum Gasteiger partial charge on any atom is -0.480 e. The van der Waals surface area contributed by atoms with E-state index >= 15 is 0 Å². The zero-order chi connectivity index (χ0) is 19.9. The van der Waals surface area contributed by atoms with E-state index in [9.17, 15) is 14.4 Å². The van der Waals surface area contributed by atoms with Gasteiger partial charge in [0.2, 0.25) is 0 Å². The summed E-state index contributed by atoms with van der Waals surface area (Å²) in [5.41, 5.74) is 20.2. The highest BCUT2D eigenvalue weighted by atomic mass is 16.4. The van der Waals surface area contributed by atoms with Crippen molar-refractivity contribution in [3.8, 4) is 0 Å². The SMILES string of the molecule is C[C@@H](O)[C@H](N)C(=O)O.C[C@H](N)C(=O)O.NCCCC[C@H](N)C(=O)O. The number of aliphatic hydroxyl groups is 1. The summed E-state index contributed by atoms with van der Waals surface area (Å²) in [6.45, 7) is 3.35. The Hall–Kier alpha value is -1.79. The van der Waals surface area contributed by atoms with Gasteiger partial charge in [-0.3, -0.25) is 14.4 Å². The van der Waals surface area contributed by atoms with Crippen LogP contribution in [0.2, 0.25) is 0 Å². The number of carboxylic acid groups (broad SMARTS) is 3. The Morgan fingerprint density at radius 2 is 1.29 bits per heavy atom. The van der Waals surface area contributed by atoms with Crippen LogP contribution in [0.5, 0.6) is 0 Å². The molecule has 11 nitrogen and oxygen atoms in total. The molecule has 11 heteroatoms. The molecule has 0 saturated carbocycles. The van der Waals surface area contributed by atoms with Crippen LogP contribution in [-0.4, -0.2) is 69.1 Å². The number of nitrogens with two attached hydrogens (primary N) is 4. The average Bonchev–Trinajstić information content (AvgIpc) is 2.47. The molecule has 24 heavy (non-hydrogen) atoms. The van der Waals surface area contributed by atoms with Crippen molar-refractivity contribution in [2.75, 3.05) is 6.54 Å². The summed E-state index contributed by atoms with van der Waals surface area (Å²) in [6.07, 6.45) is 1.18. The van der Waals surface area contributed by atoms with Crippen molar-refractivity contribution in [2.24, 2.45) is 22.9 Å². The highest BCUT2D eigenvalue weighted by Crippen LogP contribution is 1.96. The van der Waals surface area contributed by atoms with Gasteiger partial charge < -0.3 is 43.4 Å². The summed E-state index contributed by atoms with van der Waals surface area (Å²) in [5.74, 6) is -3.08. The van der Waals surface area contributed by atoms with Crippen LogP contribution in [0.4, 0.5) is 0 Å². The van der Waals surface area contributed by atoms with E-state index in [1.165, 1.54) is 13.8 Å². The van der Waals surface area contributed by atoms with E-state index in [-0.39, 0.29) is 0 Å². The number of aliphatic hydroxyl groups excluding tert-OH is 1. The topological polar surface area (TPSA) is 236 Å². The standard InChI is InChI=1S/C6H14N2O2.C4H9NO3.C3H7NO2/c7-4-2-1-3-5(8)6(9)10;1-2(6)3(5)4(7)8;1-2(4)3(5)6/h5H,1-4,7-8H2,(H,9,10);2-3,6H,5H2,1H3,(H,7,8);2H,4H2,1H3,(H,5,6)/t5-;2-,3+;2-/m010/s1. The Morgan fingerprint density at radius 1 is 0.875 bits per heavy atom. The summed E-state index contributed by atoms with van der Waals surface area (Å²) in [7, 11) is 0. The number of hydrogen-bond donors (Lipinski definition) is 8. The van der Waals surface area contributed by atoms with Crippen molar-refractivity contribution < 1.29 is 34.8 Å². The van der Waals surface area contributed by atoms with Gasteiger partial charge in [0.05, 0.1) is 6.10 Å². The molecule has 0 aromatic carbocycles. The fourth-order valence-electron chi connectivity index (χ4n) is 0.838. The van der Waals surface area contributed by atoms with Gasteiger partial charge >= 0.3 is 17.9 Å². The predicted octanol–water partition coefficient (Wildman–Crippen LogP) is -2.28. The van der Waals surface area contributed by atoms with E-state index in [0.717, 1.165) is 12.8 Å². The Labute approximate surface area is 140 Å². The van der Waals surface area contributed by atoms with E-state index in [1.807, 2.05) is 0 Å². The fraction of sp³-hybridized carbons (Fsp3) is 0.769. The van der Waals surface area contributed by atoms with Crippen molar-refractivity contribution in [3.63, 3.8) is 0 Å². The molecule has 0 amide bonds. The number of aliphatic carboxylic acids is 3.